The number of benzene rings is 2. The molecule has 196 valence electrons. The molecule has 8 nitrogen and oxygen atoms in total. The quantitative estimate of drug-likeness (QED) is 0.410. The Bertz CT molecular complexity index is 1420. The molecule has 2 aliphatic rings. The Balaban J connectivity index is 1.43. The molecule has 3 aromatic rings. The summed E-state index contributed by atoms with van der Waals surface area (Å²) in [6.45, 7) is 6.45. The second kappa shape index (κ2) is 8.32. The maximum atomic E-state index is 15.2. The van der Waals surface area contributed by atoms with Crippen molar-refractivity contribution in [3.05, 3.63) is 53.5 Å². The number of carboxylic acid groups (broad SMARTS) is 1. The minimum Gasteiger partial charge on any atom is -0.465 e. The maximum absolute atomic E-state index is 15.2. The molecule has 0 saturated heterocycles. The number of anilines is 1. The number of carbonyl (C=O) groups excluding carboxylic acids is 1. The first-order valence-corrected chi connectivity index (χ1v) is 11.8. The molecule has 11 heteroatoms. The monoisotopic (exact) mass is 517 g/mol. The normalized spacial score (nSPS) is 17.0. The minimum absolute atomic E-state index is 0.00248. The van der Waals surface area contributed by atoms with E-state index in [1.165, 1.54) is 24.3 Å². The fourth-order valence-electron chi connectivity index (χ4n) is 4.78. The number of carbonyl (C=O) groups is 2. The van der Waals surface area contributed by atoms with Crippen LogP contribution in [0.3, 0.4) is 0 Å². The van der Waals surface area contributed by atoms with Crippen LogP contribution in [-0.4, -0.2) is 34.5 Å². The van der Waals surface area contributed by atoms with E-state index in [2.05, 4.69) is 20.1 Å². The fourth-order valence-corrected chi connectivity index (χ4v) is 4.78. The molecule has 37 heavy (non-hydrogen) atoms. The van der Waals surface area contributed by atoms with Crippen molar-refractivity contribution in [1.82, 2.24) is 9.88 Å². The maximum Gasteiger partial charge on any atom is 0.586 e. The number of alkyl halides is 2. The molecule has 0 atom stereocenters. The molecule has 0 unspecified atom stereocenters. The lowest BCUT2D eigenvalue weighted by molar-refractivity contribution is -0.286. The molecule has 5 rings (SSSR count). The van der Waals surface area contributed by atoms with Gasteiger partial charge in [0.2, 0.25) is 5.91 Å². The van der Waals surface area contributed by atoms with E-state index in [0.29, 0.717) is 35.9 Å². The molecule has 1 fully saturated rings. The third-order valence-corrected chi connectivity index (χ3v) is 6.76. The molecule has 1 saturated carbocycles. The van der Waals surface area contributed by atoms with Crippen molar-refractivity contribution in [2.75, 3.05) is 11.9 Å². The van der Waals surface area contributed by atoms with E-state index in [9.17, 15) is 18.4 Å². The molecule has 0 bridgehead atoms. The van der Waals surface area contributed by atoms with Crippen molar-refractivity contribution in [2.24, 2.45) is 0 Å². The van der Waals surface area contributed by atoms with Gasteiger partial charge in [-0.15, -0.1) is 8.78 Å². The summed E-state index contributed by atoms with van der Waals surface area (Å²) < 4.78 is 52.9. The van der Waals surface area contributed by atoms with E-state index in [1.807, 2.05) is 31.4 Å². The predicted molar refractivity (Wildman–Crippen MR) is 129 cm³/mol. The standard InChI is InChI=1S/C26H26F3N3O5/c1-24(2,3)21-11-14-10-17(16(27)13-18(14)32(21)9-8-30-23(34)35)31-22(33)25(6-7-25)15-4-5-19-20(12-15)37-26(28,29)36-19/h4-5,10-13,30H,6-9H2,1-3H3,(H,31,33)(H,34,35). The average molecular weight is 518 g/mol. The van der Waals surface area contributed by atoms with Crippen molar-refractivity contribution in [3.63, 3.8) is 0 Å². The van der Waals surface area contributed by atoms with E-state index in [1.54, 1.807) is 6.07 Å². The van der Waals surface area contributed by atoms with Gasteiger partial charge in [0.15, 0.2) is 11.5 Å². The van der Waals surface area contributed by atoms with E-state index in [0.717, 1.165) is 5.69 Å². The lowest BCUT2D eigenvalue weighted by Gasteiger charge is -2.22. The van der Waals surface area contributed by atoms with Crippen molar-refractivity contribution in [1.29, 1.82) is 0 Å². The van der Waals surface area contributed by atoms with E-state index in [4.69, 9.17) is 5.11 Å². The van der Waals surface area contributed by atoms with Crippen molar-refractivity contribution >= 4 is 28.6 Å². The highest BCUT2D eigenvalue weighted by atomic mass is 19.3. The van der Waals surface area contributed by atoms with Crippen LogP contribution >= 0.6 is 0 Å². The lowest BCUT2D eigenvalue weighted by Crippen LogP contribution is -2.28. The zero-order valence-corrected chi connectivity index (χ0v) is 20.5. The summed E-state index contributed by atoms with van der Waals surface area (Å²) in [6, 6.07) is 9.01. The lowest BCUT2D eigenvalue weighted by atomic mass is 9.92. The van der Waals surface area contributed by atoms with Gasteiger partial charge in [0.1, 0.15) is 5.82 Å². The Morgan fingerprint density at radius 3 is 2.43 bits per heavy atom. The van der Waals surface area contributed by atoms with Gasteiger partial charge in [-0.2, -0.15) is 0 Å². The summed E-state index contributed by atoms with van der Waals surface area (Å²) in [7, 11) is 0. The molecule has 1 aromatic heterocycles. The number of aromatic nitrogens is 1. The smallest absolute Gasteiger partial charge is 0.465 e. The summed E-state index contributed by atoms with van der Waals surface area (Å²) >= 11 is 0. The largest absolute Gasteiger partial charge is 0.586 e. The van der Waals surface area contributed by atoms with Crippen LogP contribution in [0, 0.1) is 5.82 Å². The van der Waals surface area contributed by atoms with Crippen LogP contribution in [0.5, 0.6) is 11.5 Å². The van der Waals surface area contributed by atoms with E-state index < -0.39 is 29.5 Å². The van der Waals surface area contributed by atoms with Gasteiger partial charge in [-0.1, -0.05) is 26.8 Å². The number of ether oxygens (including phenoxy) is 2. The summed E-state index contributed by atoms with van der Waals surface area (Å²) in [4.78, 5) is 24.2. The van der Waals surface area contributed by atoms with Crippen LogP contribution in [0.1, 0.15) is 44.9 Å². The predicted octanol–water partition coefficient (Wildman–Crippen LogP) is 5.34. The third-order valence-electron chi connectivity index (χ3n) is 6.76. The zero-order chi connectivity index (χ0) is 26.8. The topological polar surface area (TPSA) is 102 Å². The first-order valence-electron chi connectivity index (χ1n) is 11.8. The molecule has 1 aliphatic carbocycles. The van der Waals surface area contributed by atoms with Crippen LogP contribution in [0.2, 0.25) is 0 Å². The first-order chi connectivity index (χ1) is 17.3. The van der Waals surface area contributed by atoms with Crippen LogP contribution in [0.25, 0.3) is 10.9 Å². The van der Waals surface area contributed by atoms with Gasteiger partial charge in [0.25, 0.3) is 0 Å². The molecule has 2 amide bonds. The van der Waals surface area contributed by atoms with Gasteiger partial charge in [0.05, 0.1) is 16.6 Å². The second-order valence-electron chi connectivity index (χ2n) is 10.4. The molecule has 0 radical (unpaired) electrons. The van der Waals surface area contributed by atoms with Gasteiger partial charge in [-0.05, 0) is 42.7 Å². The molecule has 2 aromatic carbocycles. The molecule has 1 aliphatic heterocycles. The summed E-state index contributed by atoms with van der Waals surface area (Å²) in [6.07, 6.45) is -3.96. The van der Waals surface area contributed by atoms with Crippen LogP contribution in [0.4, 0.5) is 23.7 Å². The van der Waals surface area contributed by atoms with Crippen molar-refractivity contribution < 1.29 is 37.3 Å². The van der Waals surface area contributed by atoms with Gasteiger partial charge >= 0.3 is 12.4 Å². The summed E-state index contributed by atoms with van der Waals surface area (Å²) in [5.74, 6) is -1.35. The Hall–Kier alpha value is -3.89. The SMILES string of the molecule is CC(C)(C)c1cc2cc(NC(=O)C3(c4ccc5c(c4)OC(F)(F)O5)CC3)c(F)cc2n1CCNC(=O)O. The van der Waals surface area contributed by atoms with Gasteiger partial charge in [-0.3, -0.25) is 4.79 Å². The zero-order valence-electron chi connectivity index (χ0n) is 20.5. The van der Waals surface area contributed by atoms with Crippen molar-refractivity contribution in [3.8, 4) is 11.5 Å². The number of nitrogens with one attached hydrogen (secondary N) is 2. The van der Waals surface area contributed by atoms with Crippen LogP contribution in [0.15, 0.2) is 36.4 Å². The highest BCUT2D eigenvalue weighted by Crippen LogP contribution is 2.52. The summed E-state index contributed by atoms with van der Waals surface area (Å²) in [5.41, 5.74) is 0.647. The minimum atomic E-state index is -3.76. The molecule has 3 N–H and O–H groups in total. The van der Waals surface area contributed by atoms with Gasteiger partial charge < -0.3 is 29.8 Å². The fraction of sp³-hybridized carbons (Fsp3) is 0.385. The molecular formula is C26H26F3N3O5. The highest BCUT2D eigenvalue weighted by molar-refractivity contribution is 6.03. The number of hydrogen-bond donors (Lipinski definition) is 3. The number of rotatable bonds is 6. The van der Waals surface area contributed by atoms with E-state index in [-0.39, 0.29) is 29.1 Å². The average Bonchev–Trinajstić information content (AvgIpc) is 3.43. The highest BCUT2D eigenvalue weighted by Gasteiger charge is 2.53. The second-order valence-corrected chi connectivity index (χ2v) is 10.4. The molecule has 0 spiro atoms. The number of nitrogens with zero attached hydrogens (tertiary/aromatic N) is 1. The van der Waals surface area contributed by atoms with Crippen LogP contribution < -0.4 is 20.1 Å². The number of amides is 2. The first kappa shape index (κ1) is 24.8. The summed E-state index contributed by atoms with van der Waals surface area (Å²) in [5, 5.41) is 14.6. The third kappa shape index (κ3) is 4.54. The molecular weight excluding hydrogens is 491 g/mol. The number of fused-ring (bicyclic) bond motifs is 2. The Kier molecular flexibility index (Phi) is 5.58. The Morgan fingerprint density at radius 2 is 1.78 bits per heavy atom. The number of halogens is 3. The van der Waals surface area contributed by atoms with E-state index >= 15 is 4.39 Å². The number of hydrogen-bond acceptors (Lipinski definition) is 4. The van der Waals surface area contributed by atoms with Gasteiger partial charge in [0, 0.05) is 35.7 Å². The Morgan fingerprint density at radius 1 is 1.08 bits per heavy atom. The van der Waals surface area contributed by atoms with Crippen molar-refractivity contribution in [2.45, 2.75) is 57.3 Å². The molecule has 2 heterocycles. The van der Waals surface area contributed by atoms with Gasteiger partial charge in [-0.25, -0.2) is 9.18 Å². The van der Waals surface area contributed by atoms with Crippen LogP contribution in [-0.2, 0) is 22.2 Å². The Labute approximate surface area is 210 Å².